The number of cyclic esters (lactones) is 1. The first kappa shape index (κ1) is 16.6. The normalized spacial score (nSPS) is 22.2. The molecule has 7 heteroatoms. The molecule has 0 aliphatic carbocycles. The maximum Gasteiger partial charge on any atom is 0.338 e. The van der Waals surface area contributed by atoms with Crippen molar-refractivity contribution in [3.05, 3.63) is 58.4 Å². The molecule has 140 valence electrons. The first-order chi connectivity index (χ1) is 13.3. The maximum absolute atomic E-state index is 13.5. The van der Waals surface area contributed by atoms with E-state index >= 15 is 0 Å². The zero-order chi connectivity index (χ0) is 19.8. The number of nitriles is 1. The molecule has 1 aromatic heterocycles. The number of hydrogen-bond donors (Lipinski definition) is 2. The number of carbonyl (C=O) groups is 2. The van der Waals surface area contributed by atoms with E-state index in [2.05, 4.69) is 16.7 Å². The Morgan fingerprint density at radius 2 is 1.96 bits per heavy atom. The van der Waals surface area contributed by atoms with E-state index in [1.54, 1.807) is 12.3 Å². The van der Waals surface area contributed by atoms with Gasteiger partial charge in [-0.2, -0.15) is 5.26 Å². The van der Waals surface area contributed by atoms with Crippen molar-refractivity contribution in [2.24, 2.45) is 0 Å². The van der Waals surface area contributed by atoms with Crippen molar-refractivity contribution < 1.29 is 14.3 Å². The lowest BCUT2D eigenvalue weighted by molar-refractivity contribution is -0.137. The molecule has 1 amide bonds. The molecule has 1 unspecified atom stereocenters. The second kappa shape index (κ2) is 5.04. The van der Waals surface area contributed by atoms with Crippen molar-refractivity contribution in [2.45, 2.75) is 31.7 Å². The van der Waals surface area contributed by atoms with E-state index in [0.717, 1.165) is 0 Å². The molecule has 28 heavy (non-hydrogen) atoms. The second-order valence-electron chi connectivity index (χ2n) is 8.22. The summed E-state index contributed by atoms with van der Waals surface area (Å²) in [5.41, 5.74) is 1.26. The molecular formula is C21H18N4O3. The summed E-state index contributed by atoms with van der Waals surface area (Å²) in [6, 6.07) is 9.52. The molecule has 0 radical (unpaired) electrons. The molecule has 5 rings (SSSR count). The Morgan fingerprint density at radius 1 is 1.21 bits per heavy atom. The summed E-state index contributed by atoms with van der Waals surface area (Å²) in [4.78, 5) is 26.2. The van der Waals surface area contributed by atoms with Crippen molar-refractivity contribution in [1.29, 1.82) is 5.26 Å². The lowest BCUT2D eigenvalue weighted by atomic mass is 9.67. The molecular weight excluding hydrogens is 356 g/mol. The van der Waals surface area contributed by atoms with Crippen LogP contribution in [0.4, 0.5) is 11.5 Å². The van der Waals surface area contributed by atoms with Crippen LogP contribution in [0.15, 0.2) is 41.7 Å². The highest BCUT2D eigenvalue weighted by atomic mass is 16.5. The summed E-state index contributed by atoms with van der Waals surface area (Å²) in [6.07, 6.45) is 1.75. The molecule has 0 fully saturated rings. The van der Waals surface area contributed by atoms with Gasteiger partial charge in [0.15, 0.2) is 0 Å². The molecule has 1 spiro atoms. The highest BCUT2D eigenvalue weighted by Crippen LogP contribution is 2.56. The van der Waals surface area contributed by atoms with Crippen molar-refractivity contribution in [3.8, 4) is 6.07 Å². The van der Waals surface area contributed by atoms with Gasteiger partial charge in [-0.3, -0.25) is 4.79 Å². The number of carbonyl (C=O) groups excluding carboxylic acids is 2. The number of nitrogens with zero attached hydrogens (tertiary/aromatic N) is 2. The molecule has 3 aliphatic heterocycles. The minimum absolute atomic E-state index is 0.0714. The van der Waals surface area contributed by atoms with Crippen LogP contribution in [-0.4, -0.2) is 23.1 Å². The maximum atomic E-state index is 13.5. The minimum Gasteiger partial charge on any atom is -0.456 e. The van der Waals surface area contributed by atoms with E-state index in [9.17, 15) is 14.9 Å². The third-order valence-electron chi connectivity index (χ3n) is 5.64. The lowest BCUT2D eigenvalue weighted by Crippen LogP contribution is -2.44. The zero-order valence-corrected chi connectivity index (χ0v) is 15.7. The summed E-state index contributed by atoms with van der Waals surface area (Å²) in [5, 5.41) is 16.1. The number of anilines is 2. The van der Waals surface area contributed by atoms with Gasteiger partial charge in [-0.05, 0) is 26.8 Å². The average molecular weight is 374 g/mol. The number of amides is 1. The highest BCUT2D eigenvalue weighted by molar-refractivity contribution is 6.19. The van der Waals surface area contributed by atoms with Crippen LogP contribution in [-0.2, 0) is 25.3 Å². The first-order valence-corrected chi connectivity index (χ1v) is 9.05. The Balaban J connectivity index is 1.96. The molecule has 0 bridgehead atoms. The van der Waals surface area contributed by atoms with E-state index < -0.39 is 11.4 Å². The van der Waals surface area contributed by atoms with Crippen LogP contribution in [0, 0.1) is 11.3 Å². The van der Waals surface area contributed by atoms with Crippen molar-refractivity contribution in [3.63, 3.8) is 0 Å². The van der Waals surface area contributed by atoms with Gasteiger partial charge in [-0.1, -0.05) is 18.2 Å². The number of para-hydroxylation sites is 1. The van der Waals surface area contributed by atoms with Crippen molar-refractivity contribution in [2.75, 3.05) is 17.2 Å². The van der Waals surface area contributed by atoms with Gasteiger partial charge in [-0.15, -0.1) is 0 Å². The minimum atomic E-state index is -1.40. The van der Waals surface area contributed by atoms with Gasteiger partial charge < -0.3 is 19.9 Å². The number of esters is 1. The van der Waals surface area contributed by atoms with Gasteiger partial charge in [0.2, 0.25) is 5.91 Å². The van der Waals surface area contributed by atoms with Crippen LogP contribution in [0.25, 0.3) is 0 Å². The summed E-state index contributed by atoms with van der Waals surface area (Å²) >= 11 is 0. The van der Waals surface area contributed by atoms with Gasteiger partial charge in [0, 0.05) is 28.6 Å². The monoisotopic (exact) mass is 374 g/mol. The van der Waals surface area contributed by atoms with Crippen LogP contribution >= 0.6 is 0 Å². The largest absolute Gasteiger partial charge is 0.456 e. The second-order valence-corrected chi connectivity index (χ2v) is 8.22. The number of ether oxygens (including phenoxy) is 1. The van der Waals surface area contributed by atoms with Gasteiger partial charge in [0.1, 0.15) is 23.9 Å². The Labute approximate surface area is 161 Å². The standard InChI is InChI=1S/C21H18N4O3/c1-20(2,3)25-9-11(8-22)15-17(25)23-14-10-28-18(26)16(14)21(15)12-6-4-5-7-13(12)24-19(21)27/h4-7,9,23H,10H2,1-3H3,(H,24,27). The van der Waals surface area contributed by atoms with Crippen LogP contribution in [0.5, 0.6) is 0 Å². The average Bonchev–Trinajstić information content (AvgIpc) is 3.29. The van der Waals surface area contributed by atoms with Crippen LogP contribution in [0.1, 0.15) is 37.5 Å². The highest BCUT2D eigenvalue weighted by Gasteiger charge is 2.61. The van der Waals surface area contributed by atoms with E-state index in [0.29, 0.717) is 33.9 Å². The Kier molecular flexibility index (Phi) is 3.00. The molecule has 2 aromatic rings. The smallest absolute Gasteiger partial charge is 0.338 e. The predicted molar refractivity (Wildman–Crippen MR) is 102 cm³/mol. The van der Waals surface area contributed by atoms with E-state index in [1.165, 1.54) is 0 Å². The topological polar surface area (TPSA) is 96.2 Å². The fourth-order valence-electron chi connectivity index (χ4n) is 4.53. The van der Waals surface area contributed by atoms with Crippen molar-refractivity contribution in [1.82, 2.24) is 4.57 Å². The number of aromatic nitrogens is 1. The number of rotatable bonds is 0. The lowest BCUT2D eigenvalue weighted by Gasteiger charge is -2.35. The van der Waals surface area contributed by atoms with Crippen LogP contribution in [0.3, 0.4) is 0 Å². The van der Waals surface area contributed by atoms with E-state index in [1.807, 2.05) is 43.5 Å². The molecule has 1 aromatic carbocycles. The molecule has 7 nitrogen and oxygen atoms in total. The van der Waals surface area contributed by atoms with Crippen molar-refractivity contribution >= 4 is 23.4 Å². The van der Waals surface area contributed by atoms with E-state index in [4.69, 9.17) is 4.74 Å². The van der Waals surface area contributed by atoms with Crippen LogP contribution in [0.2, 0.25) is 0 Å². The fourth-order valence-corrected chi connectivity index (χ4v) is 4.53. The fraction of sp³-hybridized carbons (Fsp3) is 0.286. The Hall–Kier alpha value is -3.53. The van der Waals surface area contributed by atoms with Gasteiger partial charge >= 0.3 is 5.97 Å². The molecule has 0 saturated heterocycles. The predicted octanol–water partition coefficient (Wildman–Crippen LogP) is 2.59. The summed E-state index contributed by atoms with van der Waals surface area (Å²) in [6.45, 7) is 6.13. The summed E-state index contributed by atoms with van der Waals surface area (Å²) in [7, 11) is 0. The number of hydrogen-bond acceptors (Lipinski definition) is 5. The number of nitrogens with one attached hydrogen (secondary N) is 2. The Morgan fingerprint density at radius 3 is 2.68 bits per heavy atom. The molecule has 1 atom stereocenters. The molecule has 0 saturated carbocycles. The first-order valence-electron chi connectivity index (χ1n) is 9.05. The Bertz CT molecular complexity index is 1160. The molecule has 3 aliphatic rings. The zero-order valence-electron chi connectivity index (χ0n) is 15.7. The number of fused-ring (bicyclic) bond motifs is 5. The van der Waals surface area contributed by atoms with E-state index in [-0.39, 0.29) is 23.6 Å². The van der Waals surface area contributed by atoms with Gasteiger partial charge in [-0.25, -0.2) is 4.79 Å². The SMILES string of the molecule is CC(C)(C)n1cc(C#N)c2c1NC1=C(C(=O)OC1)C21C(=O)Nc2ccccc21. The third-order valence-corrected chi connectivity index (χ3v) is 5.64. The molecule has 2 N–H and O–H groups in total. The summed E-state index contributed by atoms with van der Waals surface area (Å²) in [5.74, 6) is -0.230. The molecule has 4 heterocycles. The number of benzene rings is 1. The van der Waals surface area contributed by atoms with Crippen LogP contribution < -0.4 is 10.6 Å². The quantitative estimate of drug-likeness (QED) is 0.691. The van der Waals surface area contributed by atoms with Gasteiger partial charge in [0.05, 0.1) is 16.8 Å². The summed E-state index contributed by atoms with van der Waals surface area (Å²) < 4.78 is 7.25. The third kappa shape index (κ3) is 1.77. The van der Waals surface area contributed by atoms with Gasteiger partial charge in [0.25, 0.3) is 0 Å².